The monoisotopic (exact) mass is 627 g/mol. The largest absolute Gasteiger partial charge is 0.461 e. The number of hydrogen-bond donors (Lipinski definition) is 0. The van der Waals surface area contributed by atoms with Gasteiger partial charge in [0.15, 0.2) is 11.6 Å². The molecule has 0 aromatic heterocycles. The van der Waals surface area contributed by atoms with E-state index in [2.05, 4.69) is 4.99 Å². The summed E-state index contributed by atoms with van der Waals surface area (Å²) in [6.45, 7) is 1.04. The van der Waals surface area contributed by atoms with E-state index in [-0.39, 0.29) is 36.6 Å². The van der Waals surface area contributed by atoms with Gasteiger partial charge in [-0.25, -0.2) is 4.79 Å². The number of carbonyl (C=O) groups is 4. The highest BCUT2D eigenvalue weighted by Crippen LogP contribution is 2.50. The molecule has 0 unspecified atom stereocenters. The van der Waals surface area contributed by atoms with Gasteiger partial charge in [-0.2, -0.15) is 0 Å². The van der Waals surface area contributed by atoms with Crippen LogP contribution in [0.5, 0.6) is 0 Å². The van der Waals surface area contributed by atoms with Gasteiger partial charge in [-0.3, -0.25) is 29.6 Å². The molecule has 1 amide bonds. The molecule has 230 valence electrons. The molecule has 1 saturated heterocycles. The van der Waals surface area contributed by atoms with Crippen molar-refractivity contribution in [2.75, 3.05) is 12.4 Å². The van der Waals surface area contributed by atoms with Crippen LogP contribution in [0, 0.1) is 10.1 Å². The second-order valence-corrected chi connectivity index (χ2v) is 11.5. The lowest BCUT2D eigenvalue weighted by atomic mass is 9.82. The van der Waals surface area contributed by atoms with Crippen molar-refractivity contribution in [3.05, 3.63) is 123 Å². The molecular formula is C33H29N3O8S. The fraction of sp³-hybridized carbons (Fsp3) is 0.242. The first kappa shape index (κ1) is 31.3. The van der Waals surface area contributed by atoms with Gasteiger partial charge in [0.2, 0.25) is 0 Å². The van der Waals surface area contributed by atoms with E-state index in [0.29, 0.717) is 17.4 Å². The van der Waals surface area contributed by atoms with Gasteiger partial charge in [0, 0.05) is 43.0 Å². The minimum absolute atomic E-state index is 0.0193. The Kier molecular flexibility index (Phi) is 9.53. The molecule has 2 atom stereocenters. The van der Waals surface area contributed by atoms with Gasteiger partial charge in [0.05, 0.1) is 4.92 Å². The molecule has 3 aromatic rings. The van der Waals surface area contributed by atoms with E-state index in [0.717, 1.165) is 11.1 Å². The molecule has 45 heavy (non-hydrogen) atoms. The SMILES string of the molecule is CC(=O)OCC1=C(C(=O)OC(c2ccccc2)c2ccccc2)N2C(=O)[C@](CCC=O)(N=Cc3ccc([N+](=O)[O-])cc3)[C@H]2SC1. The fourth-order valence-corrected chi connectivity index (χ4v) is 6.76. The Balaban J connectivity index is 1.50. The topological polar surface area (TPSA) is 145 Å². The fourth-order valence-electron chi connectivity index (χ4n) is 5.27. The molecule has 1 fully saturated rings. The Morgan fingerprint density at radius 1 is 1.07 bits per heavy atom. The van der Waals surface area contributed by atoms with Gasteiger partial charge in [0.25, 0.3) is 11.6 Å². The average molecular weight is 628 g/mol. The maximum Gasteiger partial charge on any atom is 0.356 e. The minimum Gasteiger partial charge on any atom is -0.461 e. The number of benzene rings is 3. The van der Waals surface area contributed by atoms with Crippen molar-refractivity contribution in [3.63, 3.8) is 0 Å². The van der Waals surface area contributed by atoms with Gasteiger partial charge in [0.1, 0.15) is 24.0 Å². The molecule has 3 aromatic carbocycles. The highest BCUT2D eigenvalue weighted by atomic mass is 32.2. The molecule has 11 nitrogen and oxygen atoms in total. The zero-order valence-corrected chi connectivity index (χ0v) is 25.1. The number of carbonyl (C=O) groups excluding carboxylic acids is 4. The van der Waals surface area contributed by atoms with E-state index < -0.39 is 39.8 Å². The van der Waals surface area contributed by atoms with Crippen molar-refractivity contribution in [2.24, 2.45) is 4.99 Å². The van der Waals surface area contributed by atoms with Crippen LogP contribution < -0.4 is 0 Å². The van der Waals surface area contributed by atoms with E-state index >= 15 is 0 Å². The van der Waals surface area contributed by atoms with E-state index in [4.69, 9.17) is 9.47 Å². The van der Waals surface area contributed by atoms with Crippen LogP contribution >= 0.6 is 11.8 Å². The number of aliphatic imine (C=N–C) groups is 1. The van der Waals surface area contributed by atoms with Crippen LogP contribution in [0.3, 0.4) is 0 Å². The summed E-state index contributed by atoms with van der Waals surface area (Å²) >= 11 is 1.34. The van der Waals surface area contributed by atoms with Crippen molar-refractivity contribution in [1.29, 1.82) is 0 Å². The van der Waals surface area contributed by atoms with Crippen molar-refractivity contribution >= 4 is 47.8 Å². The number of aldehydes is 1. The molecule has 0 bridgehead atoms. The normalized spacial score (nSPS) is 19.2. The third kappa shape index (κ3) is 6.55. The Labute approximate surface area is 263 Å². The first-order valence-corrected chi connectivity index (χ1v) is 15.1. The standard InChI is InChI=1S/C33H29N3O8S/c1-22(38)43-20-26-21-45-32-33(17-8-18-37,34-19-23-13-15-27(16-14-23)36(41)42)31(40)35(32)28(26)30(39)44-29(24-9-4-2-5-10-24)25-11-6-3-7-12-25/h2-7,9-16,18-19,29,32H,8,17,20-21H2,1H3/t32-,33+/m1/s1. The molecular weight excluding hydrogens is 598 g/mol. The van der Waals surface area contributed by atoms with Gasteiger partial charge >= 0.3 is 11.9 Å². The maximum atomic E-state index is 14.1. The van der Waals surface area contributed by atoms with Crippen LogP contribution in [0.25, 0.3) is 0 Å². The van der Waals surface area contributed by atoms with E-state index in [1.807, 2.05) is 60.7 Å². The lowest BCUT2D eigenvalue weighted by molar-refractivity contribution is -0.384. The quantitative estimate of drug-likeness (QED) is 0.0690. The molecule has 12 heteroatoms. The average Bonchev–Trinajstić information content (AvgIpc) is 3.06. The van der Waals surface area contributed by atoms with E-state index in [1.165, 1.54) is 54.1 Å². The smallest absolute Gasteiger partial charge is 0.356 e. The summed E-state index contributed by atoms with van der Waals surface area (Å²) in [5.74, 6) is -1.58. The Hall–Kier alpha value is -5.10. The van der Waals surface area contributed by atoms with Crippen molar-refractivity contribution in [3.8, 4) is 0 Å². The molecule has 2 heterocycles. The second-order valence-electron chi connectivity index (χ2n) is 10.4. The summed E-state index contributed by atoms with van der Waals surface area (Å²) in [4.78, 5) is 67.7. The molecule has 0 aliphatic carbocycles. The first-order chi connectivity index (χ1) is 21.7. The number of nitro benzene ring substituents is 1. The molecule has 0 N–H and O–H groups in total. The predicted octanol–water partition coefficient (Wildman–Crippen LogP) is 4.80. The number of ether oxygens (including phenoxy) is 2. The summed E-state index contributed by atoms with van der Waals surface area (Å²) < 4.78 is 11.4. The highest BCUT2D eigenvalue weighted by Gasteiger charge is 2.64. The molecule has 5 rings (SSSR count). The number of fused-ring (bicyclic) bond motifs is 1. The predicted molar refractivity (Wildman–Crippen MR) is 166 cm³/mol. The second kappa shape index (κ2) is 13.7. The van der Waals surface area contributed by atoms with Gasteiger partial charge in [-0.05, 0) is 35.2 Å². The van der Waals surface area contributed by atoms with Crippen molar-refractivity contribution < 1.29 is 33.6 Å². The first-order valence-electron chi connectivity index (χ1n) is 14.1. The summed E-state index contributed by atoms with van der Waals surface area (Å²) in [5.41, 5.74) is 0.909. The van der Waals surface area contributed by atoms with Crippen molar-refractivity contribution in [1.82, 2.24) is 4.90 Å². The zero-order valence-electron chi connectivity index (χ0n) is 24.2. The van der Waals surface area contributed by atoms with Crippen molar-refractivity contribution in [2.45, 2.75) is 36.8 Å². The van der Waals surface area contributed by atoms with Crippen LogP contribution in [-0.4, -0.2) is 63.4 Å². The van der Waals surface area contributed by atoms with Gasteiger partial charge in [-0.1, -0.05) is 60.7 Å². The molecule has 2 aliphatic rings. The number of β-lactam (4-membered cyclic amide) rings is 1. The minimum atomic E-state index is -1.37. The number of thioether (sulfide) groups is 1. The summed E-state index contributed by atoms with van der Waals surface area (Å²) in [6, 6.07) is 24.1. The Bertz CT molecular complexity index is 1620. The van der Waals surface area contributed by atoms with Crippen LogP contribution in [-0.2, 0) is 28.7 Å². The summed E-state index contributed by atoms with van der Waals surface area (Å²) in [5, 5.41) is 10.4. The molecule has 0 radical (unpaired) electrons. The van der Waals surface area contributed by atoms with Crippen LogP contribution in [0.4, 0.5) is 5.69 Å². The number of amides is 1. The van der Waals surface area contributed by atoms with Crippen LogP contribution in [0.2, 0.25) is 0 Å². The number of nitrogens with zero attached hydrogens (tertiary/aromatic N) is 3. The van der Waals surface area contributed by atoms with E-state index in [1.54, 1.807) is 0 Å². The lowest BCUT2D eigenvalue weighted by Crippen LogP contribution is -2.73. The number of non-ortho nitro benzene ring substituents is 1. The number of hydrogen-bond acceptors (Lipinski definition) is 10. The number of esters is 2. The summed E-state index contributed by atoms with van der Waals surface area (Å²) in [7, 11) is 0. The van der Waals surface area contributed by atoms with E-state index in [9.17, 15) is 29.3 Å². The Morgan fingerprint density at radius 3 is 2.24 bits per heavy atom. The number of rotatable bonds is 12. The van der Waals surface area contributed by atoms with Crippen LogP contribution in [0.15, 0.2) is 101 Å². The summed E-state index contributed by atoms with van der Waals surface area (Å²) in [6.07, 6.45) is 1.50. The number of nitro groups is 1. The van der Waals surface area contributed by atoms with Gasteiger partial charge in [-0.15, -0.1) is 11.8 Å². The molecule has 0 saturated carbocycles. The van der Waals surface area contributed by atoms with Crippen LogP contribution in [0.1, 0.15) is 42.6 Å². The third-order valence-corrected chi connectivity index (χ3v) is 8.92. The third-order valence-electron chi connectivity index (χ3n) is 7.49. The van der Waals surface area contributed by atoms with Gasteiger partial charge < -0.3 is 14.3 Å². The molecule has 2 aliphatic heterocycles. The molecule has 0 spiro atoms. The lowest BCUT2D eigenvalue weighted by Gasteiger charge is -2.55. The zero-order chi connectivity index (χ0) is 32.0. The Morgan fingerprint density at radius 2 is 1.69 bits per heavy atom. The maximum absolute atomic E-state index is 14.1. The highest BCUT2D eigenvalue weighted by molar-refractivity contribution is 8.00.